The molecule has 2 aliphatic heterocycles. The number of imide groups is 2. The zero-order valence-corrected chi connectivity index (χ0v) is 39.7. The first kappa shape index (κ1) is 51.5. The van der Waals surface area contributed by atoms with E-state index in [0.717, 1.165) is 10.3 Å². The molecule has 1 atom stereocenters. The number of nitriles is 1. The number of hydrogen-bond donors (Lipinski definition) is 5. The van der Waals surface area contributed by atoms with Crippen LogP contribution in [0.1, 0.15) is 89.0 Å². The van der Waals surface area contributed by atoms with Gasteiger partial charge in [0.05, 0.1) is 80.8 Å². The number of carbonyl (C=O) groups is 7. The SMILES string of the molecule is CC(C)Nc1cc(-n2ccc3cc(C#N)cnc32)ncc1C(=O)NC1CCC(C(=O)NCCOCCOCCOCCOCCNC(=O)COc2cccc3c2C(=O)N(C2CCC(=O)NC2=O)C3=O)CC1. The number of piperidine rings is 1. The van der Waals surface area contributed by atoms with Gasteiger partial charge in [0.2, 0.25) is 17.7 Å². The van der Waals surface area contributed by atoms with Gasteiger partial charge in [-0.25, -0.2) is 9.97 Å². The van der Waals surface area contributed by atoms with E-state index in [9.17, 15) is 38.8 Å². The molecule has 0 radical (unpaired) electrons. The predicted molar refractivity (Wildman–Crippen MR) is 253 cm³/mol. The van der Waals surface area contributed by atoms with Crippen molar-refractivity contribution in [3.63, 3.8) is 0 Å². The Kier molecular flexibility index (Phi) is 18.1. The number of carbonyl (C=O) groups excluding carboxylic acids is 7. The summed E-state index contributed by atoms with van der Waals surface area (Å²) in [6, 6.07) is 10.8. The lowest BCUT2D eigenvalue weighted by molar-refractivity contribution is -0.136. The fourth-order valence-corrected chi connectivity index (χ4v) is 8.43. The van der Waals surface area contributed by atoms with Crippen LogP contribution < -0.4 is 31.3 Å². The average molecular weight is 979 g/mol. The molecule has 4 aromatic rings. The first-order valence-electron chi connectivity index (χ1n) is 23.7. The van der Waals surface area contributed by atoms with Gasteiger partial charge in [-0.05, 0) is 70.2 Å². The lowest BCUT2D eigenvalue weighted by atomic mass is 9.85. The summed E-state index contributed by atoms with van der Waals surface area (Å²) in [5.41, 5.74) is 2.19. The highest BCUT2D eigenvalue weighted by Crippen LogP contribution is 2.34. The highest BCUT2D eigenvalue weighted by atomic mass is 16.6. The molecule has 0 spiro atoms. The Labute approximate surface area is 409 Å². The van der Waals surface area contributed by atoms with E-state index in [0.29, 0.717) is 107 Å². The third-order valence-electron chi connectivity index (χ3n) is 11.9. The number of hydrogen-bond acceptors (Lipinski definition) is 16. The van der Waals surface area contributed by atoms with Gasteiger partial charge in [-0.3, -0.25) is 48.3 Å². The Hall–Kier alpha value is -7.32. The number of nitrogens with zero attached hydrogens (tertiary/aromatic N) is 5. The summed E-state index contributed by atoms with van der Waals surface area (Å²) in [4.78, 5) is 98.7. The van der Waals surface area contributed by atoms with Crippen molar-refractivity contribution in [2.24, 2.45) is 5.92 Å². The van der Waals surface area contributed by atoms with Crippen molar-refractivity contribution in [2.45, 2.75) is 70.5 Å². The lowest BCUT2D eigenvalue weighted by Gasteiger charge is -2.28. The van der Waals surface area contributed by atoms with Crippen molar-refractivity contribution in [1.82, 2.24) is 40.7 Å². The molecule has 71 heavy (non-hydrogen) atoms. The number of ether oxygens (including phenoxy) is 5. The second-order valence-corrected chi connectivity index (χ2v) is 17.3. The molecule has 2 fully saturated rings. The van der Waals surface area contributed by atoms with Crippen LogP contribution in [0, 0.1) is 17.2 Å². The Morgan fingerprint density at radius 1 is 0.831 bits per heavy atom. The predicted octanol–water partition coefficient (Wildman–Crippen LogP) is 2.18. The van der Waals surface area contributed by atoms with Crippen molar-refractivity contribution < 1.29 is 57.2 Å². The standard InChI is InChI=1S/C49H58N10O12/c1-30(2)55-37-25-40(58-15-12-33-24-31(26-50)27-54-44(33)58)53-28-36(37)46(63)56-34-8-6-32(7-9-34)45(62)52-14-17-68-19-21-70-23-22-69-20-18-67-16-13-51-42(61)29-71-39-5-3-4-35-43(39)49(66)59(48(35)65)38-10-11-41(60)57-47(38)64/h3-5,12,15,24-25,27-28,30,32,34,38H,6-11,13-14,16-23,29H2,1-2H3,(H,51,61)(H,52,62)(H,53,55)(H,56,63)(H,57,60,64). The van der Waals surface area contributed by atoms with E-state index >= 15 is 0 Å². The van der Waals surface area contributed by atoms with E-state index in [4.69, 9.17) is 23.7 Å². The zero-order valence-electron chi connectivity index (χ0n) is 39.7. The van der Waals surface area contributed by atoms with Crippen molar-refractivity contribution in [2.75, 3.05) is 77.9 Å². The van der Waals surface area contributed by atoms with Gasteiger partial charge < -0.3 is 45.0 Å². The number of aromatic nitrogens is 3. The highest BCUT2D eigenvalue weighted by molar-refractivity contribution is 6.24. The molecule has 5 N–H and O–H groups in total. The molecular weight excluding hydrogens is 921 g/mol. The number of amides is 7. The number of fused-ring (bicyclic) bond motifs is 2. The van der Waals surface area contributed by atoms with Gasteiger partial charge in [0.1, 0.15) is 29.3 Å². The van der Waals surface area contributed by atoms with Gasteiger partial charge in [0.15, 0.2) is 6.61 Å². The van der Waals surface area contributed by atoms with Crippen LogP contribution in [0.5, 0.6) is 5.75 Å². The van der Waals surface area contributed by atoms with E-state index in [2.05, 4.69) is 42.6 Å². The zero-order chi connectivity index (χ0) is 50.3. The summed E-state index contributed by atoms with van der Waals surface area (Å²) < 4.78 is 29.5. The molecule has 1 unspecified atom stereocenters. The van der Waals surface area contributed by atoms with Crippen molar-refractivity contribution in [3.05, 3.63) is 77.2 Å². The van der Waals surface area contributed by atoms with Gasteiger partial charge in [-0.1, -0.05) is 6.07 Å². The van der Waals surface area contributed by atoms with Gasteiger partial charge in [0.25, 0.3) is 23.6 Å². The maximum atomic E-state index is 13.5. The van der Waals surface area contributed by atoms with Crippen LogP contribution in [-0.2, 0) is 38.1 Å². The Balaban J connectivity index is 0.676. The molecule has 7 amide bonds. The number of benzene rings is 1. The van der Waals surface area contributed by atoms with Gasteiger partial charge in [0, 0.05) is 67.6 Å². The fourth-order valence-electron chi connectivity index (χ4n) is 8.43. The van der Waals surface area contributed by atoms with Crippen LogP contribution in [0.3, 0.4) is 0 Å². The molecule has 3 aromatic heterocycles. The van der Waals surface area contributed by atoms with Crippen LogP contribution in [-0.4, -0.2) is 151 Å². The minimum Gasteiger partial charge on any atom is -0.483 e. The number of anilines is 1. The Morgan fingerprint density at radius 3 is 2.20 bits per heavy atom. The Bertz CT molecular complexity index is 2640. The van der Waals surface area contributed by atoms with Gasteiger partial charge in [-0.2, -0.15) is 5.26 Å². The van der Waals surface area contributed by atoms with Crippen molar-refractivity contribution in [1.29, 1.82) is 5.26 Å². The summed E-state index contributed by atoms with van der Waals surface area (Å²) in [6.45, 7) is 6.70. The molecule has 1 saturated heterocycles. The van der Waals surface area contributed by atoms with Crippen LogP contribution in [0.15, 0.2) is 55.0 Å². The largest absolute Gasteiger partial charge is 0.483 e. The number of nitrogens with one attached hydrogen (secondary N) is 5. The summed E-state index contributed by atoms with van der Waals surface area (Å²) in [6.07, 6.45) is 7.58. The van der Waals surface area contributed by atoms with Crippen LogP contribution in [0.25, 0.3) is 16.9 Å². The first-order chi connectivity index (χ1) is 34.4. The number of rotatable bonds is 25. The van der Waals surface area contributed by atoms with Crippen LogP contribution >= 0.6 is 0 Å². The fraction of sp³-hybridized carbons (Fsp3) is 0.469. The quantitative estimate of drug-likeness (QED) is 0.0470. The second kappa shape index (κ2) is 25.0. The molecule has 1 saturated carbocycles. The average Bonchev–Trinajstić information content (AvgIpc) is 3.90. The summed E-state index contributed by atoms with van der Waals surface area (Å²) in [5, 5.41) is 24.3. The molecule has 1 aliphatic carbocycles. The minimum absolute atomic E-state index is 0.000570. The Morgan fingerprint density at radius 2 is 1.52 bits per heavy atom. The molecule has 22 nitrogen and oxygen atoms in total. The molecule has 0 bridgehead atoms. The summed E-state index contributed by atoms with van der Waals surface area (Å²) >= 11 is 0. The van der Waals surface area contributed by atoms with Crippen LogP contribution in [0.2, 0.25) is 0 Å². The van der Waals surface area contributed by atoms with Crippen molar-refractivity contribution >= 4 is 58.1 Å². The summed E-state index contributed by atoms with van der Waals surface area (Å²) in [5.74, 6) is -2.86. The topological polar surface area (TPSA) is 284 Å². The van der Waals surface area contributed by atoms with E-state index in [1.54, 1.807) is 12.3 Å². The van der Waals surface area contributed by atoms with E-state index in [1.165, 1.54) is 24.4 Å². The number of pyridine rings is 2. The maximum Gasteiger partial charge on any atom is 0.266 e. The molecular formula is C49H58N10O12. The van der Waals surface area contributed by atoms with Gasteiger partial charge in [-0.15, -0.1) is 0 Å². The molecule has 22 heteroatoms. The summed E-state index contributed by atoms with van der Waals surface area (Å²) in [7, 11) is 0. The van der Waals surface area contributed by atoms with E-state index in [-0.39, 0.29) is 72.7 Å². The third-order valence-corrected chi connectivity index (χ3v) is 11.9. The van der Waals surface area contributed by atoms with Crippen molar-refractivity contribution in [3.8, 4) is 17.6 Å². The smallest absolute Gasteiger partial charge is 0.266 e. The molecule has 376 valence electrons. The minimum atomic E-state index is -1.11. The lowest BCUT2D eigenvalue weighted by Crippen LogP contribution is -2.54. The first-order valence-corrected chi connectivity index (χ1v) is 23.7. The second-order valence-electron chi connectivity index (χ2n) is 17.3. The molecule has 1 aromatic carbocycles. The molecule has 3 aliphatic rings. The maximum absolute atomic E-state index is 13.5. The van der Waals surface area contributed by atoms with Gasteiger partial charge >= 0.3 is 0 Å². The monoisotopic (exact) mass is 978 g/mol. The van der Waals surface area contributed by atoms with E-state index < -0.39 is 42.2 Å². The third kappa shape index (κ3) is 13.5. The normalized spacial score (nSPS) is 17.7. The molecule has 7 rings (SSSR count). The van der Waals surface area contributed by atoms with Crippen LogP contribution in [0.4, 0.5) is 5.69 Å². The molecule has 5 heterocycles. The van der Waals surface area contributed by atoms with E-state index in [1.807, 2.05) is 36.7 Å². The highest BCUT2D eigenvalue weighted by Gasteiger charge is 2.46.